The summed E-state index contributed by atoms with van der Waals surface area (Å²) in [6.45, 7) is 5.50. The highest BCUT2D eigenvalue weighted by Gasteiger charge is 2.05. The zero-order chi connectivity index (χ0) is 14.9. The summed E-state index contributed by atoms with van der Waals surface area (Å²) in [4.78, 5) is 5.71. The highest BCUT2D eigenvalue weighted by atomic mass is 32.2. The number of hydrogen-bond donors (Lipinski definition) is 1. The topological polar surface area (TPSA) is 24.9 Å². The quantitative estimate of drug-likeness (QED) is 0.728. The van der Waals surface area contributed by atoms with Crippen molar-refractivity contribution in [2.24, 2.45) is 0 Å². The second-order valence-corrected chi connectivity index (χ2v) is 6.34. The minimum atomic E-state index is 0.418. The van der Waals surface area contributed by atoms with Crippen LogP contribution in [0.25, 0.3) is 0 Å². The smallest absolute Gasteiger partial charge is 0.0411 e. The Kier molecular flexibility index (Phi) is 6.77. The van der Waals surface area contributed by atoms with Gasteiger partial charge < -0.3 is 5.32 Å². The number of nitrogens with zero attached hydrogens (tertiary/aromatic N) is 1. The lowest BCUT2D eigenvalue weighted by atomic mass is 10.1. The normalized spacial score (nSPS) is 12.3. The number of thioether (sulfide) groups is 1. The van der Waals surface area contributed by atoms with Crippen molar-refractivity contribution >= 4 is 11.8 Å². The van der Waals surface area contributed by atoms with Gasteiger partial charge >= 0.3 is 0 Å². The molecule has 1 aromatic heterocycles. The van der Waals surface area contributed by atoms with Gasteiger partial charge in [-0.05, 0) is 56.1 Å². The number of aryl methyl sites for hydroxylation is 1. The van der Waals surface area contributed by atoms with Crippen molar-refractivity contribution in [2.75, 3.05) is 12.3 Å². The van der Waals surface area contributed by atoms with Crippen LogP contribution in [0.2, 0.25) is 0 Å². The average molecular weight is 300 g/mol. The Balaban J connectivity index is 1.86. The van der Waals surface area contributed by atoms with Crippen molar-refractivity contribution in [2.45, 2.75) is 37.6 Å². The van der Waals surface area contributed by atoms with Crippen molar-refractivity contribution in [3.05, 3.63) is 59.9 Å². The Labute approximate surface area is 132 Å². The lowest BCUT2D eigenvalue weighted by Crippen LogP contribution is -2.19. The van der Waals surface area contributed by atoms with Crippen molar-refractivity contribution in [3.63, 3.8) is 0 Å². The van der Waals surface area contributed by atoms with E-state index in [4.69, 9.17) is 0 Å². The SMILES string of the molecule is CCCNC(C)c1cccc(SCCc2ccccn2)c1. The van der Waals surface area contributed by atoms with Gasteiger partial charge in [0, 0.05) is 28.6 Å². The van der Waals surface area contributed by atoms with Crippen molar-refractivity contribution in [3.8, 4) is 0 Å². The molecule has 0 saturated carbocycles. The molecule has 1 heterocycles. The van der Waals surface area contributed by atoms with Crippen LogP contribution in [-0.2, 0) is 6.42 Å². The molecule has 0 fully saturated rings. The van der Waals surface area contributed by atoms with Gasteiger partial charge in [-0.15, -0.1) is 11.8 Å². The molecule has 2 nitrogen and oxygen atoms in total. The van der Waals surface area contributed by atoms with Crippen LogP contribution >= 0.6 is 11.8 Å². The molecule has 2 aromatic rings. The molecule has 1 unspecified atom stereocenters. The summed E-state index contributed by atoms with van der Waals surface area (Å²) in [5.74, 6) is 1.07. The maximum absolute atomic E-state index is 4.37. The van der Waals surface area contributed by atoms with Gasteiger partial charge in [0.15, 0.2) is 0 Å². The van der Waals surface area contributed by atoms with Crippen LogP contribution < -0.4 is 5.32 Å². The van der Waals surface area contributed by atoms with Gasteiger partial charge in [-0.3, -0.25) is 4.98 Å². The van der Waals surface area contributed by atoms with E-state index in [1.54, 1.807) is 0 Å². The summed E-state index contributed by atoms with van der Waals surface area (Å²) < 4.78 is 0. The van der Waals surface area contributed by atoms with Crippen LogP contribution in [0.15, 0.2) is 53.6 Å². The number of aromatic nitrogens is 1. The van der Waals surface area contributed by atoms with Gasteiger partial charge in [-0.25, -0.2) is 0 Å². The van der Waals surface area contributed by atoms with E-state index in [9.17, 15) is 0 Å². The number of benzene rings is 1. The molecular formula is C18H24N2S. The van der Waals surface area contributed by atoms with Crippen LogP contribution in [0, 0.1) is 0 Å². The van der Waals surface area contributed by atoms with Crippen LogP contribution in [-0.4, -0.2) is 17.3 Å². The molecule has 0 amide bonds. The molecule has 2 rings (SSSR count). The Morgan fingerprint density at radius 3 is 2.86 bits per heavy atom. The summed E-state index contributed by atoms with van der Waals surface area (Å²) in [6.07, 6.45) is 4.05. The number of hydrogen-bond acceptors (Lipinski definition) is 3. The third-order valence-corrected chi connectivity index (χ3v) is 4.41. The van der Waals surface area contributed by atoms with E-state index in [0.717, 1.165) is 18.7 Å². The summed E-state index contributed by atoms with van der Waals surface area (Å²) in [7, 11) is 0. The van der Waals surface area contributed by atoms with E-state index in [-0.39, 0.29) is 0 Å². The molecule has 112 valence electrons. The lowest BCUT2D eigenvalue weighted by Gasteiger charge is -2.14. The fourth-order valence-corrected chi connectivity index (χ4v) is 3.11. The molecule has 0 aliphatic carbocycles. The molecule has 0 radical (unpaired) electrons. The first-order valence-corrected chi connectivity index (χ1v) is 8.64. The molecule has 0 aliphatic heterocycles. The van der Waals surface area contributed by atoms with Gasteiger partial charge in [-0.1, -0.05) is 25.1 Å². The number of nitrogens with one attached hydrogen (secondary N) is 1. The van der Waals surface area contributed by atoms with Crippen molar-refractivity contribution in [1.29, 1.82) is 0 Å². The monoisotopic (exact) mass is 300 g/mol. The molecule has 0 bridgehead atoms. The van der Waals surface area contributed by atoms with E-state index >= 15 is 0 Å². The molecular weight excluding hydrogens is 276 g/mol. The van der Waals surface area contributed by atoms with Gasteiger partial charge in [0.2, 0.25) is 0 Å². The van der Waals surface area contributed by atoms with Crippen LogP contribution in [0.4, 0.5) is 0 Å². The van der Waals surface area contributed by atoms with Gasteiger partial charge in [-0.2, -0.15) is 0 Å². The van der Waals surface area contributed by atoms with E-state index in [1.807, 2.05) is 24.0 Å². The molecule has 0 saturated heterocycles. The molecule has 1 aromatic carbocycles. The van der Waals surface area contributed by atoms with Crippen LogP contribution in [0.3, 0.4) is 0 Å². The van der Waals surface area contributed by atoms with E-state index in [2.05, 4.69) is 60.5 Å². The Bertz CT molecular complexity index is 528. The largest absolute Gasteiger partial charge is 0.310 e. The summed E-state index contributed by atoms with van der Waals surface area (Å²) >= 11 is 1.90. The Hall–Kier alpha value is -1.32. The standard InChI is InChI=1S/C18H24N2S/c1-3-11-19-15(2)16-7-6-9-18(14-16)21-13-10-17-8-4-5-12-20-17/h4-9,12,14-15,19H,3,10-11,13H2,1-2H3. The molecule has 0 spiro atoms. The molecule has 1 N–H and O–H groups in total. The van der Waals surface area contributed by atoms with Gasteiger partial charge in [0.25, 0.3) is 0 Å². The number of rotatable bonds is 8. The molecule has 1 atom stereocenters. The Morgan fingerprint density at radius 1 is 1.19 bits per heavy atom. The van der Waals surface area contributed by atoms with Crippen molar-refractivity contribution < 1.29 is 0 Å². The third kappa shape index (κ3) is 5.52. The lowest BCUT2D eigenvalue weighted by molar-refractivity contribution is 0.570. The zero-order valence-corrected chi connectivity index (χ0v) is 13.7. The minimum Gasteiger partial charge on any atom is -0.310 e. The second-order valence-electron chi connectivity index (χ2n) is 5.17. The predicted octanol–water partition coefficient (Wildman–Crippen LogP) is 4.48. The van der Waals surface area contributed by atoms with E-state index in [1.165, 1.54) is 22.6 Å². The molecule has 21 heavy (non-hydrogen) atoms. The molecule has 0 aliphatic rings. The maximum atomic E-state index is 4.37. The summed E-state index contributed by atoms with van der Waals surface area (Å²) in [5.41, 5.74) is 2.53. The van der Waals surface area contributed by atoms with Crippen LogP contribution in [0.1, 0.15) is 37.6 Å². The van der Waals surface area contributed by atoms with Crippen molar-refractivity contribution in [1.82, 2.24) is 10.3 Å². The third-order valence-electron chi connectivity index (χ3n) is 3.41. The minimum absolute atomic E-state index is 0.418. The maximum Gasteiger partial charge on any atom is 0.0411 e. The predicted molar refractivity (Wildman–Crippen MR) is 91.8 cm³/mol. The van der Waals surface area contributed by atoms with Gasteiger partial charge in [0.1, 0.15) is 0 Å². The molecule has 3 heteroatoms. The van der Waals surface area contributed by atoms with Crippen LogP contribution in [0.5, 0.6) is 0 Å². The van der Waals surface area contributed by atoms with E-state index < -0.39 is 0 Å². The fourth-order valence-electron chi connectivity index (χ4n) is 2.17. The number of pyridine rings is 1. The fraction of sp³-hybridized carbons (Fsp3) is 0.389. The first-order chi connectivity index (χ1) is 10.3. The average Bonchev–Trinajstić information content (AvgIpc) is 2.54. The highest BCUT2D eigenvalue weighted by molar-refractivity contribution is 7.99. The Morgan fingerprint density at radius 2 is 2.10 bits per heavy atom. The summed E-state index contributed by atoms with van der Waals surface area (Å²) in [5, 5.41) is 3.54. The first kappa shape index (κ1) is 16.1. The first-order valence-electron chi connectivity index (χ1n) is 7.65. The highest BCUT2D eigenvalue weighted by Crippen LogP contribution is 2.23. The van der Waals surface area contributed by atoms with E-state index in [0.29, 0.717) is 6.04 Å². The second kappa shape index (κ2) is 8.85. The summed E-state index contributed by atoms with van der Waals surface area (Å²) in [6, 6.07) is 15.4. The van der Waals surface area contributed by atoms with Gasteiger partial charge in [0.05, 0.1) is 0 Å². The zero-order valence-electron chi connectivity index (χ0n) is 12.9.